The fourth-order valence-corrected chi connectivity index (χ4v) is 2.92. The summed E-state index contributed by atoms with van der Waals surface area (Å²) in [7, 11) is 1.58. The maximum Gasteiger partial charge on any atom is 0.306 e. The summed E-state index contributed by atoms with van der Waals surface area (Å²) in [5.74, 6) is 0.141. The van der Waals surface area contributed by atoms with Gasteiger partial charge in [0.25, 0.3) is 0 Å². The Morgan fingerprint density at radius 3 is 2.07 bits per heavy atom. The van der Waals surface area contributed by atoms with E-state index in [4.69, 9.17) is 14.2 Å². The standard InChI is InChI=1S/C23H36O5/c1-3-4-5-6-7-8-9-12-18-27-22(24)16-13-17-23(25)28-19-20-14-10-11-15-21(20)26-2/h10-11,14-15H,3-9,12-13,16-19H2,1-2H3. The van der Waals surface area contributed by atoms with E-state index in [1.54, 1.807) is 7.11 Å². The van der Waals surface area contributed by atoms with Gasteiger partial charge in [-0.05, 0) is 18.9 Å². The van der Waals surface area contributed by atoms with Crippen molar-refractivity contribution in [2.45, 2.75) is 84.2 Å². The van der Waals surface area contributed by atoms with Crippen LogP contribution in [-0.2, 0) is 25.7 Å². The minimum absolute atomic E-state index is 0.172. The van der Waals surface area contributed by atoms with Crippen LogP contribution < -0.4 is 4.74 Å². The number of hydrogen-bond acceptors (Lipinski definition) is 5. The Morgan fingerprint density at radius 1 is 0.786 bits per heavy atom. The summed E-state index contributed by atoms with van der Waals surface area (Å²) in [5, 5.41) is 0. The lowest BCUT2D eigenvalue weighted by Gasteiger charge is -2.09. The summed E-state index contributed by atoms with van der Waals surface area (Å²) in [6, 6.07) is 7.41. The van der Waals surface area contributed by atoms with Gasteiger partial charge in [-0.1, -0.05) is 70.1 Å². The van der Waals surface area contributed by atoms with Gasteiger partial charge in [0.05, 0.1) is 13.7 Å². The molecule has 1 aromatic rings. The molecule has 0 aliphatic rings. The predicted molar refractivity (Wildman–Crippen MR) is 110 cm³/mol. The highest BCUT2D eigenvalue weighted by atomic mass is 16.5. The van der Waals surface area contributed by atoms with Crippen molar-refractivity contribution in [3.8, 4) is 5.75 Å². The molecule has 0 saturated carbocycles. The zero-order valence-corrected chi connectivity index (χ0v) is 17.5. The molecule has 0 bridgehead atoms. The molecule has 0 aliphatic carbocycles. The van der Waals surface area contributed by atoms with Crippen molar-refractivity contribution in [2.75, 3.05) is 13.7 Å². The number of benzene rings is 1. The van der Waals surface area contributed by atoms with Gasteiger partial charge < -0.3 is 14.2 Å². The molecular formula is C23H36O5. The minimum atomic E-state index is -0.318. The molecule has 0 heterocycles. The smallest absolute Gasteiger partial charge is 0.306 e. The number of rotatable bonds is 16. The molecule has 1 rings (SSSR count). The fraction of sp³-hybridized carbons (Fsp3) is 0.652. The van der Waals surface area contributed by atoms with Crippen LogP contribution in [0.1, 0.15) is 83.1 Å². The normalized spacial score (nSPS) is 10.5. The van der Waals surface area contributed by atoms with E-state index in [0.29, 0.717) is 18.8 Å². The van der Waals surface area contributed by atoms with Crippen molar-refractivity contribution in [1.82, 2.24) is 0 Å². The van der Waals surface area contributed by atoms with Gasteiger partial charge in [-0.3, -0.25) is 9.59 Å². The molecule has 158 valence electrons. The van der Waals surface area contributed by atoms with Gasteiger partial charge >= 0.3 is 11.9 Å². The summed E-state index contributed by atoms with van der Waals surface area (Å²) < 4.78 is 15.7. The van der Waals surface area contributed by atoms with Gasteiger partial charge in [0.15, 0.2) is 0 Å². The Morgan fingerprint density at radius 2 is 1.39 bits per heavy atom. The Hall–Kier alpha value is -2.04. The van der Waals surface area contributed by atoms with Crippen molar-refractivity contribution in [2.24, 2.45) is 0 Å². The molecule has 1 aromatic carbocycles. The molecule has 0 aromatic heterocycles. The Kier molecular flexibility index (Phi) is 13.7. The first-order valence-electron chi connectivity index (χ1n) is 10.6. The van der Waals surface area contributed by atoms with Crippen LogP contribution in [0.15, 0.2) is 24.3 Å². The Balaban J connectivity index is 2.00. The molecular weight excluding hydrogens is 356 g/mol. The largest absolute Gasteiger partial charge is 0.496 e. The van der Waals surface area contributed by atoms with E-state index < -0.39 is 0 Å². The topological polar surface area (TPSA) is 61.8 Å². The molecule has 0 radical (unpaired) electrons. The minimum Gasteiger partial charge on any atom is -0.496 e. The van der Waals surface area contributed by atoms with E-state index in [2.05, 4.69) is 6.92 Å². The second kappa shape index (κ2) is 16.0. The fourth-order valence-electron chi connectivity index (χ4n) is 2.92. The first-order valence-corrected chi connectivity index (χ1v) is 10.6. The molecule has 5 heteroatoms. The molecule has 0 fully saturated rings. The molecule has 0 aliphatic heterocycles. The van der Waals surface area contributed by atoms with Gasteiger partial charge in [-0.2, -0.15) is 0 Å². The molecule has 5 nitrogen and oxygen atoms in total. The van der Waals surface area contributed by atoms with Crippen molar-refractivity contribution in [3.05, 3.63) is 29.8 Å². The summed E-state index contributed by atoms with van der Waals surface area (Å²) in [4.78, 5) is 23.5. The summed E-state index contributed by atoms with van der Waals surface area (Å²) in [6.45, 7) is 2.87. The summed E-state index contributed by atoms with van der Waals surface area (Å²) >= 11 is 0. The van der Waals surface area contributed by atoms with Crippen molar-refractivity contribution in [3.63, 3.8) is 0 Å². The second-order valence-electron chi connectivity index (χ2n) is 7.02. The van der Waals surface area contributed by atoms with Crippen LogP contribution >= 0.6 is 0 Å². The average Bonchev–Trinajstić information content (AvgIpc) is 2.71. The molecule has 28 heavy (non-hydrogen) atoms. The SMILES string of the molecule is CCCCCCCCCCOC(=O)CCCC(=O)OCc1ccccc1OC. The lowest BCUT2D eigenvalue weighted by molar-refractivity contribution is -0.146. The zero-order valence-electron chi connectivity index (χ0n) is 17.5. The third-order valence-electron chi connectivity index (χ3n) is 4.60. The van der Waals surface area contributed by atoms with E-state index in [1.807, 2.05) is 24.3 Å². The van der Waals surface area contributed by atoms with Gasteiger partial charge in [0, 0.05) is 18.4 Å². The highest BCUT2D eigenvalue weighted by Gasteiger charge is 2.09. The van der Waals surface area contributed by atoms with E-state index in [1.165, 1.54) is 38.5 Å². The van der Waals surface area contributed by atoms with Gasteiger partial charge in [0.1, 0.15) is 12.4 Å². The molecule has 0 saturated heterocycles. The number of carbonyl (C=O) groups is 2. The van der Waals surface area contributed by atoms with E-state index in [-0.39, 0.29) is 31.4 Å². The van der Waals surface area contributed by atoms with Crippen molar-refractivity contribution in [1.29, 1.82) is 0 Å². The summed E-state index contributed by atoms with van der Waals surface area (Å²) in [6.07, 6.45) is 10.6. The second-order valence-corrected chi connectivity index (χ2v) is 7.02. The molecule has 0 atom stereocenters. The number of ether oxygens (including phenoxy) is 3. The van der Waals surface area contributed by atoms with E-state index in [9.17, 15) is 9.59 Å². The Bertz CT molecular complexity index is 556. The van der Waals surface area contributed by atoms with Crippen LogP contribution in [0.3, 0.4) is 0 Å². The van der Waals surface area contributed by atoms with Crippen molar-refractivity contribution >= 4 is 11.9 Å². The number of carbonyl (C=O) groups excluding carboxylic acids is 2. The molecule has 0 N–H and O–H groups in total. The first-order chi connectivity index (χ1) is 13.7. The molecule has 0 amide bonds. The van der Waals surface area contributed by atoms with E-state index >= 15 is 0 Å². The van der Waals surface area contributed by atoms with Crippen LogP contribution in [0.2, 0.25) is 0 Å². The highest BCUT2D eigenvalue weighted by Crippen LogP contribution is 2.18. The van der Waals surface area contributed by atoms with Crippen LogP contribution in [0.5, 0.6) is 5.75 Å². The predicted octanol–water partition coefficient (Wildman–Crippen LogP) is 5.59. The maximum absolute atomic E-state index is 11.8. The number of hydrogen-bond donors (Lipinski definition) is 0. The third-order valence-corrected chi connectivity index (χ3v) is 4.60. The maximum atomic E-state index is 11.8. The van der Waals surface area contributed by atoms with Gasteiger partial charge in [0.2, 0.25) is 0 Å². The molecule has 0 unspecified atom stereocenters. The average molecular weight is 393 g/mol. The zero-order chi connectivity index (χ0) is 20.5. The number of unbranched alkanes of at least 4 members (excludes halogenated alkanes) is 7. The highest BCUT2D eigenvalue weighted by molar-refractivity contribution is 5.72. The number of para-hydroxylation sites is 1. The van der Waals surface area contributed by atoms with Gasteiger partial charge in [-0.25, -0.2) is 0 Å². The molecule has 0 spiro atoms. The Labute approximate surface area is 169 Å². The first kappa shape index (κ1) is 24.0. The van der Waals surface area contributed by atoms with Crippen molar-refractivity contribution < 1.29 is 23.8 Å². The van der Waals surface area contributed by atoms with Crippen LogP contribution in [-0.4, -0.2) is 25.7 Å². The lowest BCUT2D eigenvalue weighted by atomic mass is 10.1. The van der Waals surface area contributed by atoms with Crippen LogP contribution in [0.4, 0.5) is 0 Å². The van der Waals surface area contributed by atoms with E-state index in [0.717, 1.165) is 18.4 Å². The van der Waals surface area contributed by atoms with Gasteiger partial charge in [-0.15, -0.1) is 0 Å². The monoisotopic (exact) mass is 392 g/mol. The van der Waals surface area contributed by atoms with Crippen LogP contribution in [0, 0.1) is 0 Å². The quantitative estimate of drug-likeness (QED) is 0.271. The third kappa shape index (κ3) is 11.6. The van der Waals surface area contributed by atoms with Crippen LogP contribution in [0.25, 0.3) is 0 Å². The lowest BCUT2D eigenvalue weighted by Crippen LogP contribution is -2.09. The number of esters is 2. The number of methoxy groups -OCH3 is 1. The summed E-state index contributed by atoms with van der Waals surface area (Å²) in [5.41, 5.74) is 0.822.